The van der Waals surface area contributed by atoms with Crippen molar-refractivity contribution in [2.75, 3.05) is 0 Å². The van der Waals surface area contributed by atoms with Crippen molar-refractivity contribution < 1.29 is 13.0 Å². The maximum Gasteiger partial charge on any atom is 0.300 e. The van der Waals surface area contributed by atoms with Crippen LogP contribution >= 0.6 is 69.6 Å². The molecule has 1 unspecified atom stereocenters. The third-order valence-corrected chi connectivity index (χ3v) is 8.76. The molecule has 0 aliphatic carbocycles. The zero-order chi connectivity index (χ0) is 21.7. The van der Waals surface area contributed by atoms with E-state index in [9.17, 15) is 8.42 Å². The summed E-state index contributed by atoms with van der Waals surface area (Å²) in [6.45, 7) is 0. The van der Waals surface area contributed by atoms with Crippen LogP contribution in [0.5, 0.6) is 0 Å². The van der Waals surface area contributed by atoms with Crippen LogP contribution in [0.4, 0.5) is 0 Å². The molecule has 0 aliphatic rings. The third-order valence-electron chi connectivity index (χ3n) is 4.63. The minimum Gasteiger partial charge on any atom is -0.283 e. The van der Waals surface area contributed by atoms with Gasteiger partial charge < -0.3 is 0 Å². The van der Waals surface area contributed by atoms with Crippen LogP contribution in [0, 0.1) is 0 Å². The lowest BCUT2D eigenvalue weighted by Gasteiger charge is -2.21. The maximum absolute atomic E-state index is 11.1. The molecule has 0 saturated carbocycles. The lowest BCUT2D eigenvalue weighted by atomic mass is 10.0. The second kappa shape index (κ2) is 15.5. The fourth-order valence-corrected chi connectivity index (χ4v) is 4.48. The highest BCUT2D eigenvalue weighted by molar-refractivity contribution is 7.90. The minimum absolute atomic E-state index is 0.343. The minimum atomic E-state index is -4.59. The third kappa shape index (κ3) is 15.5. The monoisotopic (exact) mass is 538 g/mol. The van der Waals surface area contributed by atoms with Crippen molar-refractivity contribution in [2.24, 2.45) is 0 Å². The van der Waals surface area contributed by atoms with E-state index in [1.54, 1.807) is 0 Å². The Labute approximate surface area is 200 Å². The van der Waals surface area contributed by atoms with Gasteiger partial charge in [-0.25, -0.2) is 0 Å². The largest absolute Gasteiger partial charge is 0.300 e. The van der Waals surface area contributed by atoms with Crippen LogP contribution in [-0.4, -0.2) is 25.8 Å². The van der Waals surface area contributed by atoms with Gasteiger partial charge in [-0.2, -0.15) is 8.42 Å². The number of hydrogen-bond donors (Lipinski definition) is 1. The van der Waals surface area contributed by atoms with Gasteiger partial charge in [-0.05, 0) is 19.3 Å². The summed E-state index contributed by atoms with van der Waals surface area (Å²) in [6.07, 6.45) is 15.6. The average Bonchev–Trinajstić information content (AvgIpc) is 2.56. The van der Waals surface area contributed by atoms with Gasteiger partial charge in [0.1, 0.15) is 0 Å². The van der Waals surface area contributed by atoms with Gasteiger partial charge in [0.15, 0.2) is 3.79 Å². The number of halogens is 6. The summed E-state index contributed by atoms with van der Waals surface area (Å²) in [5, 5.41) is -1.03. The van der Waals surface area contributed by atoms with E-state index in [0.29, 0.717) is 12.8 Å². The molecule has 3 nitrogen and oxygen atoms in total. The Balaban J connectivity index is 3.41. The molecule has 10 heteroatoms. The van der Waals surface area contributed by atoms with Gasteiger partial charge in [-0.3, -0.25) is 4.55 Å². The first kappa shape index (κ1) is 29.7. The highest BCUT2D eigenvalue weighted by Gasteiger charge is 2.45. The number of alkyl halides is 6. The molecule has 28 heavy (non-hydrogen) atoms. The molecular formula is C18H32Cl6O3S. The van der Waals surface area contributed by atoms with E-state index < -0.39 is 23.0 Å². The molecule has 0 aliphatic heterocycles. The van der Waals surface area contributed by atoms with Crippen LogP contribution in [0.15, 0.2) is 0 Å². The predicted octanol–water partition coefficient (Wildman–Crippen LogP) is 8.83. The average molecular weight is 541 g/mol. The van der Waals surface area contributed by atoms with Crippen LogP contribution in [-0.2, 0) is 10.1 Å². The zero-order valence-corrected chi connectivity index (χ0v) is 21.5. The zero-order valence-electron chi connectivity index (χ0n) is 16.1. The highest BCUT2D eigenvalue weighted by Crippen LogP contribution is 2.37. The van der Waals surface area contributed by atoms with Crippen LogP contribution in [0.25, 0.3) is 0 Å². The fraction of sp³-hybridized carbons (Fsp3) is 1.00. The molecule has 0 aromatic heterocycles. The van der Waals surface area contributed by atoms with Crippen LogP contribution < -0.4 is 0 Å². The van der Waals surface area contributed by atoms with Crippen molar-refractivity contribution in [1.29, 1.82) is 0 Å². The smallest absolute Gasteiger partial charge is 0.283 e. The first-order valence-corrected chi connectivity index (χ1v) is 13.7. The molecule has 0 rings (SSSR count). The second-order valence-corrected chi connectivity index (χ2v) is 13.7. The van der Waals surface area contributed by atoms with Crippen molar-refractivity contribution in [3.63, 3.8) is 0 Å². The lowest BCUT2D eigenvalue weighted by molar-refractivity contribution is 0.467. The van der Waals surface area contributed by atoms with Gasteiger partial charge >= 0.3 is 10.1 Å². The normalized spacial score (nSPS) is 14.4. The molecule has 0 radical (unpaired) electrons. The molecule has 0 aromatic rings. The van der Waals surface area contributed by atoms with Gasteiger partial charge in [0, 0.05) is 0 Å². The van der Waals surface area contributed by atoms with Gasteiger partial charge in [0.05, 0.1) is 5.38 Å². The van der Waals surface area contributed by atoms with Crippen molar-refractivity contribution >= 4 is 79.7 Å². The van der Waals surface area contributed by atoms with Crippen molar-refractivity contribution in [3.8, 4) is 0 Å². The number of hydrogen-bond acceptors (Lipinski definition) is 2. The summed E-state index contributed by atoms with van der Waals surface area (Å²) in [6, 6.07) is 0. The molecule has 0 fully saturated rings. The van der Waals surface area contributed by atoms with Crippen molar-refractivity contribution in [1.82, 2.24) is 0 Å². The van der Waals surface area contributed by atoms with E-state index in [4.69, 9.17) is 74.2 Å². The standard InChI is InChI=1S/C18H32Cl6O3S/c19-16(18(23,24)28(25,26)27)14-12-10-8-6-4-2-1-3-5-7-9-11-13-15-17(20,21)22/h16H,1-15H2,(H,25,26,27). The molecular weight excluding hydrogens is 509 g/mol. The molecule has 0 saturated heterocycles. The molecule has 0 aromatic carbocycles. The van der Waals surface area contributed by atoms with Crippen LogP contribution in [0.1, 0.15) is 96.3 Å². The molecule has 0 spiro atoms. The summed E-state index contributed by atoms with van der Waals surface area (Å²) in [5.41, 5.74) is 0. The Bertz CT molecular complexity index is 494. The Morgan fingerprint density at radius 3 is 1.29 bits per heavy atom. The van der Waals surface area contributed by atoms with E-state index in [0.717, 1.165) is 38.5 Å². The Hall–Kier alpha value is 1.65. The first-order chi connectivity index (χ1) is 12.9. The lowest BCUT2D eigenvalue weighted by Crippen LogP contribution is -2.35. The maximum atomic E-state index is 11.1. The Morgan fingerprint density at radius 2 is 0.964 bits per heavy atom. The summed E-state index contributed by atoms with van der Waals surface area (Å²) in [7, 11) is -4.59. The summed E-state index contributed by atoms with van der Waals surface area (Å²) < 4.78 is 27.7. The van der Waals surface area contributed by atoms with Crippen LogP contribution in [0.3, 0.4) is 0 Å². The van der Waals surface area contributed by atoms with Gasteiger partial charge in [0.25, 0.3) is 3.67 Å². The molecule has 0 bridgehead atoms. The number of unbranched alkanes of at least 4 members (excludes halogenated alkanes) is 12. The topological polar surface area (TPSA) is 54.4 Å². The molecule has 0 amide bonds. The van der Waals surface area contributed by atoms with E-state index in [-0.39, 0.29) is 0 Å². The van der Waals surface area contributed by atoms with Crippen molar-refractivity contribution in [2.45, 2.75) is 109 Å². The highest BCUT2D eigenvalue weighted by atomic mass is 35.6. The first-order valence-electron chi connectivity index (χ1n) is 9.93. The second-order valence-electron chi connectivity index (χ2n) is 7.25. The molecule has 1 N–H and O–H groups in total. The molecule has 170 valence electrons. The quantitative estimate of drug-likeness (QED) is 0.114. The number of rotatable bonds is 17. The van der Waals surface area contributed by atoms with E-state index in [2.05, 4.69) is 0 Å². The van der Waals surface area contributed by atoms with Gasteiger partial charge in [-0.15, -0.1) is 11.6 Å². The van der Waals surface area contributed by atoms with Gasteiger partial charge in [0.2, 0.25) is 0 Å². The molecule has 0 heterocycles. The van der Waals surface area contributed by atoms with Crippen LogP contribution in [0.2, 0.25) is 0 Å². The van der Waals surface area contributed by atoms with Gasteiger partial charge in [-0.1, -0.05) is 135 Å². The Morgan fingerprint density at radius 1 is 0.643 bits per heavy atom. The predicted molar refractivity (Wildman–Crippen MR) is 125 cm³/mol. The fourth-order valence-electron chi connectivity index (χ4n) is 2.92. The Kier molecular flexibility index (Phi) is 16.4. The summed E-state index contributed by atoms with van der Waals surface area (Å²) in [5.74, 6) is 0. The van der Waals surface area contributed by atoms with E-state index >= 15 is 0 Å². The van der Waals surface area contributed by atoms with E-state index in [1.807, 2.05) is 0 Å². The molecule has 1 atom stereocenters. The SMILES string of the molecule is O=S(=O)(O)C(Cl)(Cl)C(Cl)CCCCCCCCCCCCCCCC(Cl)(Cl)Cl. The summed E-state index contributed by atoms with van der Waals surface area (Å²) >= 11 is 34.3. The van der Waals surface area contributed by atoms with Crippen molar-refractivity contribution in [3.05, 3.63) is 0 Å². The van der Waals surface area contributed by atoms with E-state index in [1.165, 1.54) is 44.9 Å². The summed E-state index contributed by atoms with van der Waals surface area (Å²) in [4.78, 5) is 0.